The molecule has 0 unspecified atom stereocenters. The molecular weight excluding hydrogens is 432 g/mol. The van der Waals surface area contributed by atoms with E-state index in [1.54, 1.807) is 24.3 Å². The third-order valence-corrected chi connectivity index (χ3v) is 5.06. The van der Waals surface area contributed by atoms with Gasteiger partial charge in [0, 0.05) is 21.3 Å². The average molecular weight is 445 g/mol. The summed E-state index contributed by atoms with van der Waals surface area (Å²) < 4.78 is 7.00. The summed E-state index contributed by atoms with van der Waals surface area (Å²) in [6.45, 7) is 0. The number of halogens is 1. The molecule has 0 aliphatic carbocycles. The minimum absolute atomic E-state index is 0.214. The van der Waals surface area contributed by atoms with Crippen molar-refractivity contribution in [1.82, 2.24) is 15.2 Å². The number of rotatable bonds is 3. The Morgan fingerprint density at radius 1 is 1.22 bits per heavy atom. The van der Waals surface area contributed by atoms with Crippen molar-refractivity contribution < 1.29 is 14.6 Å². The number of thioether (sulfide) groups is 1. The number of anilines is 1. The average Bonchev–Trinajstić information content (AvgIpc) is 2.84. The molecule has 27 heavy (non-hydrogen) atoms. The second-order valence-electron chi connectivity index (χ2n) is 5.71. The summed E-state index contributed by atoms with van der Waals surface area (Å²) in [5.74, 6) is -0.607. The number of ether oxygens (including phenoxy) is 1. The molecule has 0 amide bonds. The van der Waals surface area contributed by atoms with E-state index in [0.717, 1.165) is 21.3 Å². The van der Waals surface area contributed by atoms with E-state index in [4.69, 9.17) is 9.84 Å². The maximum absolute atomic E-state index is 11.1. The number of nitrogens with zero attached hydrogens (tertiary/aromatic N) is 3. The fraction of sp³-hybridized carbons (Fsp3) is 0.111. The molecule has 0 bridgehead atoms. The van der Waals surface area contributed by atoms with Crippen LogP contribution >= 0.6 is 27.7 Å². The molecule has 0 saturated carbocycles. The summed E-state index contributed by atoms with van der Waals surface area (Å²) in [7, 11) is 0. The van der Waals surface area contributed by atoms with E-state index < -0.39 is 12.2 Å². The molecule has 3 aromatic rings. The van der Waals surface area contributed by atoms with Crippen LogP contribution in [-0.4, -0.2) is 32.5 Å². The van der Waals surface area contributed by atoms with Crippen LogP contribution < -0.4 is 10.1 Å². The zero-order valence-corrected chi connectivity index (χ0v) is 16.4. The van der Waals surface area contributed by atoms with Crippen molar-refractivity contribution in [3.63, 3.8) is 0 Å². The number of benzene rings is 2. The van der Waals surface area contributed by atoms with Crippen molar-refractivity contribution in [3.05, 3.63) is 58.1 Å². The van der Waals surface area contributed by atoms with E-state index in [2.05, 4.69) is 36.4 Å². The highest BCUT2D eigenvalue weighted by Gasteiger charge is 2.26. The first-order chi connectivity index (χ1) is 13.0. The van der Waals surface area contributed by atoms with E-state index in [-0.39, 0.29) is 5.56 Å². The van der Waals surface area contributed by atoms with Crippen molar-refractivity contribution >= 4 is 39.3 Å². The van der Waals surface area contributed by atoms with Gasteiger partial charge in [-0.05, 0) is 36.6 Å². The zero-order valence-electron chi connectivity index (χ0n) is 14.0. The van der Waals surface area contributed by atoms with Crippen LogP contribution in [0.5, 0.6) is 5.88 Å². The Balaban J connectivity index is 1.82. The minimum atomic E-state index is -0.974. The predicted molar refractivity (Wildman–Crippen MR) is 105 cm³/mol. The zero-order chi connectivity index (χ0) is 19.0. The summed E-state index contributed by atoms with van der Waals surface area (Å²) in [4.78, 5) is 15.6. The lowest BCUT2D eigenvalue weighted by molar-refractivity contribution is 0.0696. The molecule has 0 radical (unpaired) electrons. The lowest BCUT2D eigenvalue weighted by atomic mass is 10.1. The van der Waals surface area contributed by atoms with Crippen LogP contribution in [0, 0.1) is 0 Å². The van der Waals surface area contributed by atoms with Crippen LogP contribution in [0.25, 0.3) is 11.3 Å². The third-order valence-electron chi connectivity index (χ3n) is 4.03. The molecule has 2 N–H and O–H groups in total. The number of nitrogens with one attached hydrogen (secondary N) is 1. The lowest BCUT2D eigenvalue weighted by Gasteiger charge is -2.19. The van der Waals surface area contributed by atoms with Crippen LogP contribution in [-0.2, 0) is 0 Å². The molecule has 1 atom stereocenters. The molecule has 2 heterocycles. The summed E-state index contributed by atoms with van der Waals surface area (Å²) >= 11 is 4.86. The van der Waals surface area contributed by atoms with E-state index in [9.17, 15) is 4.79 Å². The largest absolute Gasteiger partial charge is 0.478 e. The molecule has 4 rings (SSSR count). The molecular formula is C18H13BrN4O3S. The standard InChI is InChI=1S/C18H13BrN4O3S/c1-27-18-21-16-14(22-23-18)12-8-11(19)6-7-13(12)20-15(26-16)9-2-4-10(5-3-9)17(24)25/h2-8,15,20H,1H3,(H,24,25)/t15-/m0/s1. The Morgan fingerprint density at radius 3 is 2.70 bits per heavy atom. The van der Waals surface area contributed by atoms with Crippen LogP contribution in [0.1, 0.15) is 22.1 Å². The van der Waals surface area contributed by atoms with Crippen LogP contribution in [0.15, 0.2) is 52.1 Å². The van der Waals surface area contributed by atoms with Crippen LogP contribution in [0.3, 0.4) is 0 Å². The molecule has 7 nitrogen and oxygen atoms in total. The maximum atomic E-state index is 11.1. The summed E-state index contributed by atoms with van der Waals surface area (Å²) in [6.07, 6.45) is 1.31. The number of fused-ring (bicyclic) bond motifs is 3. The van der Waals surface area contributed by atoms with Gasteiger partial charge in [-0.2, -0.15) is 4.98 Å². The normalized spacial score (nSPS) is 15.0. The molecule has 2 aromatic carbocycles. The Bertz CT molecular complexity index is 1030. The van der Waals surface area contributed by atoms with Crippen molar-refractivity contribution in [2.45, 2.75) is 11.4 Å². The monoisotopic (exact) mass is 444 g/mol. The highest BCUT2D eigenvalue weighted by molar-refractivity contribution is 9.10. The minimum Gasteiger partial charge on any atom is -0.478 e. The van der Waals surface area contributed by atoms with E-state index in [1.165, 1.54) is 11.8 Å². The van der Waals surface area contributed by atoms with E-state index >= 15 is 0 Å². The number of carboxylic acid groups (broad SMARTS) is 1. The van der Waals surface area contributed by atoms with Crippen molar-refractivity contribution in [3.8, 4) is 17.1 Å². The fourth-order valence-corrected chi connectivity index (χ4v) is 3.37. The van der Waals surface area contributed by atoms with Gasteiger partial charge < -0.3 is 15.2 Å². The molecule has 1 aromatic heterocycles. The molecule has 9 heteroatoms. The van der Waals surface area contributed by atoms with Gasteiger partial charge in [0.25, 0.3) is 0 Å². The van der Waals surface area contributed by atoms with Gasteiger partial charge in [0.2, 0.25) is 11.0 Å². The van der Waals surface area contributed by atoms with Gasteiger partial charge in [0.05, 0.1) is 5.56 Å². The number of carbonyl (C=O) groups is 1. The van der Waals surface area contributed by atoms with Gasteiger partial charge in [-0.25, -0.2) is 4.79 Å². The Hall–Kier alpha value is -2.65. The first-order valence-electron chi connectivity index (χ1n) is 7.90. The number of aromatic nitrogens is 3. The summed E-state index contributed by atoms with van der Waals surface area (Å²) in [5.41, 5.74) is 3.16. The van der Waals surface area contributed by atoms with Gasteiger partial charge in [-0.1, -0.05) is 39.8 Å². The first-order valence-corrected chi connectivity index (χ1v) is 9.92. The van der Waals surface area contributed by atoms with Gasteiger partial charge in [-0.15, -0.1) is 10.2 Å². The van der Waals surface area contributed by atoms with Crippen LogP contribution in [0.2, 0.25) is 0 Å². The summed E-state index contributed by atoms with van der Waals surface area (Å²) in [6, 6.07) is 12.3. The fourth-order valence-electron chi connectivity index (χ4n) is 2.71. The van der Waals surface area contributed by atoms with Crippen molar-refractivity contribution in [2.24, 2.45) is 0 Å². The quantitative estimate of drug-likeness (QED) is 0.579. The molecule has 136 valence electrons. The second-order valence-corrected chi connectivity index (χ2v) is 7.40. The molecule has 0 fully saturated rings. The molecule has 0 spiro atoms. The second kappa shape index (κ2) is 7.16. The van der Waals surface area contributed by atoms with Gasteiger partial charge in [0.15, 0.2) is 11.9 Å². The number of carboxylic acids is 1. The lowest BCUT2D eigenvalue weighted by Crippen LogP contribution is -2.17. The first kappa shape index (κ1) is 17.7. The third kappa shape index (κ3) is 3.47. The van der Waals surface area contributed by atoms with Crippen molar-refractivity contribution in [1.29, 1.82) is 0 Å². The number of hydrogen-bond acceptors (Lipinski definition) is 7. The highest BCUT2D eigenvalue weighted by atomic mass is 79.9. The predicted octanol–water partition coefficient (Wildman–Crippen LogP) is 4.22. The highest BCUT2D eigenvalue weighted by Crippen LogP contribution is 2.40. The van der Waals surface area contributed by atoms with E-state index in [1.807, 2.05) is 24.5 Å². The molecule has 0 saturated heterocycles. The topological polar surface area (TPSA) is 97.2 Å². The Morgan fingerprint density at radius 2 is 2.00 bits per heavy atom. The molecule has 1 aliphatic heterocycles. The number of aromatic carboxylic acids is 1. The van der Waals surface area contributed by atoms with Gasteiger partial charge in [0.1, 0.15) is 0 Å². The SMILES string of the molecule is CSc1nnc2c(n1)O[C@@H](c1ccc(C(=O)O)cc1)Nc1ccc(Br)cc1-2. The Kier molecular flexibility index (Phi) is 4.71. The van der Waals surface area contributed by atoms with Gasteiger partial charge >= 0.3 is 5.97 Å². The van der Waals surface area contributed by atoms with E-state index in [0.29, 0.717) is 16.7 Å². The smallest absolute Gasteiger partial charge is 0.335 e. The van der Waals surface area contributed by atoms with Gasteiger partial charge in [-0.3, -0.25) is 0 Å². The Labute approximate surface area is 167 Å². The summed E-state index contributed by atoms with van der Waals surface area (Å²) in [5, 5.41) is 21.4. The number of hydrogen-bond donors (Lipinski definition) is 2. The van der Waals surface area contributed by atoms with Crippen LogP contribution in [0.4, 0.5) is 5.69 Å². The molecule has 1 aliphatic rings. The van der Waals surface area contributed by atoms with Crippen molar-refractivity contribution in [2.75, 3.05) is 11.6 Å². The maximum Gasteiger partial charge on any atom is 0.335 e.